The Hall–Kier alpha value is -3.89. The largest absolute Gasteiger partial charge is 0.573 e. The van der Waals surface area contributed by atoms with Crippen LogP contribution in [-0.4, -0.2) is 28.8 Å². The summed E-state index contributed by atoms with van der Waals surface area (Å²) in [7, 11) is 0. The van der Waals surface area contributed by atoms with Gasteiger partial charge in [-0.3, -0.25) is 14.6 Å². The van der Waals surface area contributed by atoms with Gasteiger partial charge in [-0.2, -0.15) is 0 Å². The van der Waals surface area contributed by atoms with Gasteiger partial charge in [0.2, 0.25) is 5.56 Å². The normalized spacial score (nSPS) is 17.9. The fraction of sp³-hybridized carbons (Fsp3) is 0.227. The van der Waals surface area contributed by atoms with Crippen LogP contribution < -0.4 is 20.3 Å². The first-order valence-corrected chi connectivity index (χ1v) is 9.83. The molecule has 1 aliphatic heterocycles. The summed E-state index contributed by atoms with van der Waals surface area (Å²) in [5.74, 6) is -2.53. The summed E-state index contributed by atoms with van der Waals surface area (Å²) in [6, 6.07) is 8.70. The number of H-pyrrole nitrogens is 1. The van der Waals surface area contributed by atoms with Gasteiger partial charge in [-0.25, -0.2) is 4.39 Å². The second kappa shape index (κ2) is 8.57. The van der Waals surface area contributed by atoms with E-state index in [9.17, 15) is 27.2 Å². The van der Waals surface area contributed by atoms with Gasteiger partial charge in [0.1, 0.15) is 17.0 Å². The minimum atomic E-state index is -5.07. The maximum atomic E-state index is 14.7. The maximum absolute atomic E-state index is 14.7. The minimum absolute atomic E-state index is 0.120. The monoisotopic (exact) mass is 463 g/mol. The van der Waals surface area contributed by atoms with Crippen molar-refractivity contribution in [2.45, 2.75) is 24.7 Å². The van der Waals surface area contributed by atoms with Crippen molar-refractivity contribution in [1.29, 1.82) is 0 Å². The van der Waals surface area contributed by atoms with Gasteiger partial charge >= 0.3 is 6.36 Å². The van der Waals surface area contributed by atoms with Crippen LogP contribution in [0, 0.1) is 5.82 Å². The number of nitrogens with zero attached hydrogens (tertiary/aromatic N) is 1. The second-order valence-electron chi connectivity index (χ2n) is 7.30. The number of nitrogens with one attached hydrogen (secondary N) is 2. The highest BCUT2D eigenvalue weighted by Crippen LogP contribution is 2.41. The van der Waals surface area contributed by atoms with Crippen LogP contribution in [0.25, 0.3) is 0 Å². The number of ether oxygens (including phenoxy) is 2. The maximum Gasteiger partial charge on any atom is 0.573 e. The molecular weight excluding hydrogens is 446 g/mol. The van der Waals surface area contributed by atoms with Crippen molar-refractivity contribution >= 4 is 5.91 Å². The van der Waals surface area contributed by atoms with Crippen LogP contribution >= 0.6 is 0 Å². The van der Waals surface area contributed by atoms with E-state index in [0.717, 1.165) is 12.1 Å². The van der Waals surface area contributed by atoms with Crippen LogP contribution in [0.4, 0.5) is 17.6 Å². The topological polar surface area (TPSA) is 93.3 Å². The molecule has 1 atom stereocenters. The Morgan fingerprint density at radius 3 is 2.73 bits per heavy atom. The Kier molecular flexibility index (Phi) is 5.79. The molecule has 0 saturated heterocycles. The fourth-order valence-electron chi connectivity index (χ4n) is 3.73. The molecule has 2 N–H and O–H groups in total. The zero-order valence-corrected chi connectivity index (χ0v) is 16.9. The smallest absolute Gasteiger partial charge is 0.492 e. The molecule has 1 amide bonds. The van der Waals surface area contributed by atoms with Gasteiger partial charge in [-0.05, 0) is 48.7 Å². The van der Waals surface area contributed by atoms with E-state index in [1.54, 1.807) is 12.1 Å². The van der Waals surface area contributed by atoms with Gasteiger partial charge in [-0.1, -0.05) is 6.07 Å². The lowest BCUT2D eigenvalue weighted by Crippen LogP contribution is -2.47. The van der Waals surface area contributed by atoms with Crippen molar-refractivity contribution in [1.82, 2.24) is 15.3 Å². The average molecular weight is 463 g/mol. The van der Waals surface area contributed by atoms with Crippen molar-refractivity contribution in [2.75, 3.05) is 6.61 Å². The quantitative estimate of drug-likeness (QED) is 0.577. The number of hydrogen-bond acceptors (Lipinski definition) is 5. The number of hydrogen-bond donors (Lipinski definition) is 2. The molecule has 1 aromatic carbocycles. The average Bonchev–Trinajstić information content (AvgIpc) is 2.95. The van der Waals surface area contributed by atoms with Gasteiger partial charge < -0.3 is 19.8 Å². The first kappa shape index (κ1) is 22.3. The number of pyridine rings is 2. The number of carbonyl (C=O) groups is 1. The van der Waals surface area contributed by atoms with Crippen molar-refractivity contribution in [2.24, 2.45) is 0 Å². The molecule has 3 heterocycles. The molecule has 11 heteroatoms. The van der Waals surface area contributed by atoms with Gasteiger partial charge in [0.25, 0.3) is 5.91 Å². The van der Waals surface area contributed by atoms with E-state index in [2.05, 4.69) is 20.0 Å². The van der Waals surface area contributed by atoms with Gasteiger partial charge in [0, 0.05) is 18.5 Å². The second-order valence-corrected chi connectivity index (χ2v) is 7.30. The predicted octanol–water partition coefficient (Wildman–Crippen LogP) is 3.65. The first-order valence-electron chi connectivity index (χ1n) is 9.83. The SMILES string of the molecule is O=C(N[C@]1(c2ccc(OC(F)(F)F)c(F)c2)CCCOc2cccnc21)c1ccc(=O)[nH]c1. The number of aromatic nitrogens is 2. The molecule has 7 nitrogen and oxygen atoms in total. The summed E-state index contributed by atoms with van der Waals surface area (Å²) < 4.78 is 61.9. The highest BCUT2D eigenvalue weighted by Gasteiger charge is 2.42. The highest BCUT2D eigenvalue weighted by atomic mass is 19.4. The zero-order chi connectivity index (χ0) is 23.6. The molecule has 0 bridgehead atoms. The van der Waals surface area contributed by atoms with Crippen molar-refractivity contribution in [3.05, 3.63) is 87.9 Å². The first-order chi connectivity index (χ1) is 15.7. The van der Waals surface area contributed by atoms with E-state index < -0.39 is 34.9 Å². The summed E-state index contributed by atoms with van der Waals surface area (Å²) >= 11 is 0. The number of halogens is 4. The fourth-order valence-corrected chi connectivity index (χ4v) is 3.73. The standard InChI is InChI=1S/C22H17F4N3O4/c23-15-11-14(5-6-16(15)33-22(24,25)26)21(29-20(31)13-4-7-18(30)28-12-13)8-2-10-32-17-3-1-9-27-19(17)21/h1,3-7,9,11-12H,2,8,10H2,(H,28,30)(H,29,31)/t21-/m0/s1. The minimum Gasteiger partial charge on any atom is -0.492 e. The van der Waals surface area contributed by atoms with E-state index in [1.165, 1.54) is 30.6 Å². The lowest BCUT2D eigenvalue weighted by atomic mass is 9.81. The van der Waals surface area contributed by atoms with Crippen LogP contribution in [0.1, 0.15) is 34.5 Å². The number of carbonyl (C=O) groups excluding carboxylic acids is 1. The molecule has 0 spiro atoms. The van der Waals surface area contributed by atoms with Crippen molar-refractivity contribution in [3.8, 4) is 11.5 Å². The third-order valence-electron chi connectivity index (χ3n) is 5.15. The van der Waals surface area contributed by atoms with E-state index >= 15 is 0 Å². The molecule has 33 heavy (non-hydrogen) atoms. The molecule has 0 unspecified atom stereocenters. The number of alkyl halides is 3. The van der Waals surface area contributed by atoms with E-state index in [-0.39, 0.29) is 29.8 Å². The molecule has 4 rings (SSSR count). The number of rotatable bonds is 4. The molecule has 0 fully saturated rings. The summed E-state index contributed by atoms with van der Waals surface area (Å²) in [6.45, 7) is 0.284. The van der Waals surface area contributed by atoms with Crippen molar-refractivity contribution < 1.29 is 31.8 Å². The summed E-state index contributed by atoms with van der Waals surface area (Å²) in [5.41, 5.74) is -1.30. The lowest BCUT2D eigenvalue weighted by molar-refractivity contribution is -0.275. The predicted molar refractivity (Wildman–Crippen MR) is 107 cm³/mol. The third-order valence-corrected chi connectivity index (χ3v) is 5.15. The lowest BCUT2D eigenvalue weighted by Gasteiger charge is -2.34. The molecule has 172 valence electrons. The third kappa shape index (κ3) is 4.66. The van der Waals surface area contributed by atoms with Crippen LogP contribution in [-0.2, 0) is 5.54 Å². The van der Waals surface area contributed by atoms with Crippen LogP contribution in [0.2, 0.25) is 0 Å². The Morgan fingerprint density at radius 2 is 2.03 bits per heavy atom. The van der Waals surface area contributed by atoms with Crippen LogP contribution in [0.15, 0.2) is 59.7 Å². The number of fused-ring (bicyclic) bond motifs is 1. The molecule has 2 aromatic heterocycles. The van der Waals surface area contributed by atoms with Crippen LogP contribution in [0.3, 0.4) is 0 Å². The molecular formula is C22H17F4N3O4. The van der Waals surface area contributed by atoms with E-state index in [4.69, 9.17) is 4.74 Å². The molecule has 1 aliphatic rings. The molecule has 3 aromatic rings. The van der Waals surface area contributed by atoms with Gasteiger partial charge in [0.05, 0.1) is 12.2 Å². The number of amides is 1. The Balaban J connectivity index is 1.84. The Morgan fingerprint density at radius 1 is 1.21 bits per heavy atom. The highest BCUT2D eigenvalue weighted by molar-refractivity contribution is 5.94. The summed E-state index contributed by atoms with van der Waals surface area (Å²) in [6.07, 6.45) is -1.75. The molecule has 0 aliphatic carbocycles. The summed E-state index contributed by atoms with van der Waals surface area (Å²) in [5, 5.41) is 2.84. The summed E-state index contributed by atoms with van der Waals surface area (Å²) in [4.78, 5) is 31.2. The van der Waals surface area contributed by atoms with Gasteiger partial charge in [-0.15, -0.1) is 13.2 Å². The van der Waals surface area contributed by atoms with E-state index in [0.29, 0.717) is 12.2 Å². The molecule has 0 saturated carbocycles. The Bertz CT molecular complexity index is 1220. The van der Waals surface area contributed by atoms with Gasteiger partial charge in [0.15, 0.2) is 11.6 Å². The Labute approximate surface area is 184 Å². The number of aromatic amines is 1. The van der Waals surface area contributed by atoms with Crippen molar-refractivity contribution in [3.63, 3.8) is 0 Å². The van der Waals surface area contributed by atoms with Crippen LogP contribution in [0.5, 0.6) is 11.5 Å². The molecule has 0 radical (unpaired) electrons. The number of benzene rings is 1. The van der Waals surface area contributed by atoms with E-state index in [1.807, 2.05) is 0 Å². The zero-order valence-electron chi connectivity index (χ0n) is 16.9.